The molecule has 9 heteroatoms. The molecule has 0 radical (unpaired) electrons. The lowest BCUT2D eigenvalue weighted by Gasteiger charge is -2.08. The highest BCUT2D eigenvalue weighted by Crippen LogP contribution is 2.16. The number of carbonyl (C=O) groups is 1. The molecule has 2 N–H and O–H groups in total. The number of carbonyl (C=O) groups excluding carboxylic acids is 1. The van der Waals surface area contributed by atoms with E-state index in [0.29, 0.717) is 11.5 Å². The lowest BCUT2D eigenvalue weighted by atomic mass is 10.3. The quantitative estimate of drug-likeness (QED) is 0.796. The second-order valence-corrected chi connectivity index (χ2v) is 4.72. The number of ether oxygens (including phenoxy) is 1. The van der Waals surface area contributed by atoms with Crippen LogP contribution in [0, 0.1) is 6.92 Å². The maximum Gasteiger partial charge on any atom is 0.411 e. The van der Waals surface area contributed by atoms with Gasteiger partial charge in [-0.15, -0.1) is 0 Å². The number of aryl methyl sites for hydroxylation is 1. The number of pyridine rings is 1. The Morgan fingerprint density at radius 3 is 2.87 bits per heavy atom. The van der Waals surface area contributed by atoms with Gasteiger partial charge in [-0.05, 0) is 19.1 Å². The van der Waals surface area contributed by atoms with Crippen LogP contribution >= 0.6 is 0 Å². The Balaban J connectivity index is 1.89. The highest BCUT2D eigenvalue weighted by Gasteiger charge is 2.27. The lowest BCUT2D eigenvalue weighted by molar-refractivity contribution is -0.173. The Kier molecular flexibility index (Phi) is 5.32. The number of hydrogen-bond acceptors (Lipinski definition) is 4. The van der Waals surface area contributed by atoms with Gasteiger partial charge < -0.3 is 15.0 Å². The Morgan fingerprint density at radius 2 is 2.22 bits per heavy atom. The van der Waals surface area contributed by atoms with Gasteiger partial charge in [-0.1, -0.05) is 0 Å². The maximum atomic E-state index is 12.0. The van der Waals surface area contributed by atoms with Crippen LogP contribution in [0.15, 0.2) is 24.5 Å². The normalized spacial score (nSPS) is 11.5. The molecule has 0 aliphatic rings. The molecule has 2 aromatic heterocycles. The first-order valence-corrected chi connectivity index (χ1v) is 6.76. The average molecular weight is 328 g/mol. The summed E-state index contributed by atoms with van der Waals surface area (Å²) in [5.74, 6) is 0.0126. The zero-order valence-corrected chi connectivity index (χ0v) is 12.3. The van der Waals surface area contributed by atoms with Gasteiger partial charge in [-0.3, -0.25) is 9.78 Å². The predicted molar refractivity (Wildman–Crippen MR) is 75.8 cm³/mol. The number of halogens is 3. The van der Waals surface area contributed by atoms with E-state index in [1.54, 1.807) is 31.5 Å². The number of nitrogens with zero attached hydrogens (tertiary/aromatic N) is 2. The lowest BCUT2D eigenvalue weighted by Crippen LogP contribution is -2.29. The predicted octanol–water partition coefficient (Wildman–Crippen LogP) is 2.09. The van der Waals surface area contributed by atoms with Gasteiger partial charge in [0.05, 0.1) is 6.61 Å². The van der Waals surface area contributed by atoms with Crippen molar-refractivity contribution in [1.29, 1.82) is 0 Å². The summed E-state index contributed by atoms with van der Waals surface area (Å²) in [4.78, 5) is 23.1. The van der Waals surface area contributed by atoms with Gasteiger partial charge in [-0.2, -0.15) is 13.2 Å². The van der Waals surface area contributed by atoms with E-state index in [9.17, 15) is 18.0 Å². The fourth-order valence-electron chi connectivity index (χ4n) is 1.83. The zero-order chi connectivity index (χ0) is 16.9. The smallest absolute Gasteiger partial charge is 0.370 e. The average Bonchev–Trinajstić information content (AvgIpc) is 2.88. The first-order valence-electron chi connectivity index (χ1n) is 6.76. The fraction of sp³-hybridized carbons (Fsp3) is 0.357. The van der Waals surface area contributed by atoms with Crippen molar-refractivity contribution in [1.82, 2.24) is 20.3 Å². The topological polar surface area (TPSA) is 79.9 Å². The van der Waals surface area contributed by atoms with Crippen molar-refractivity contribution >= 4 is 5.91 Å². The van der Waals surface area contributed by atoms with Gasteiger partial charge >= 0.3 is 6.18 Å². The monoisotopic (exact) mass is 328 g/mol. The number of rotatable bonds is 6. The Bertz CT molecular complexity index is 656. The zero-order valence-electron chi connectivity index (χ0n) is 12.3. The Hall–Kier alpha value is -2.42. The molecule has 0 atom stereocenters. The highest BCUT2D eigenvalue weighted by molar-refractivity contribution is 5.94. The molecule has 124 valence electrons. The molecule has 1 amide bonds. The van der Waals surface area contributed by atoms with Crippen LogP contribution < -0.4 is 5.32 Å². The first-order chi connectivity index (χ1) is 10.9. The number of H-pyrrole nitrogens is 1. The van der Waals surface area contributed by atoms with Gasteiger partial charge in [0.15, 0.2) is 0 Å². The molecule has 6 nitrogen and oxygen atoms in total. The van der Waals surface area contributed by atoms with Gasteiger partial charge in [0.25, 0.3) is 5.91 Å². The van der Waals surface area contributed by atoms with Crippen molar-refractivity contribution in [3.63, 3.8) is 0 Å². The van der Waals surface area contributed by atoms with Crippen LogP contribution in [0.25, 0.3) is 11.4 Å². The fourth-order valence-corrected chi connectivity index (χ4v) is 1.83. The minimum absolute atomic E-state index is 0.0383. The summed E-state index contributed by atoms with van der Waals surface area (Å²) in [6.45, 7) is 0.0744. The highest BCUT2D eigenvalue weighted by atomic mass is 19.4. The molecule has 0 aliphatic carbocycles. The number of alkyl halides is 3. The molecule has 2 heterocycles. The molecule has 0 aliphatic heterocycles. The summed E-state index contributed by atoms with van der Waals surface area (Å²) in [6, 6.07) is 3.53. The van der Waals surface area contributed by atoms with E-state index >= 15 is 0 Å². The SMILES string of the molecule is Cc1[nH]c(-c2cccnc2)nc1C(=O)NCCOCC(F)(F)F. The van der Waals surface area contributed by atoms with Gasteiger partial charge in [-0.25, -0.2) is 4.98 Å². The molecule has 0 saturated carbocycles. The third-order valence-corrected chi connectivity index (χ3v) is 2.83. The van der Waals surface area contributed by atoms with Crippen LogP contribution in [0.1, 0.15) is 16.2 Å². The van der Waals surface area contributed by atoms with Crippen molar-refractivity contribution in [2.75, 3.05) is 19.8 Å². The second-order valence-electron chi connectivity index (χ2n) is 4.72. The standard InChI is InChI=1S/C14H15F3N4O2/c1-9-11(13(22)19-5-6-23-8-14(15,16)17)21-12(20-9)10-3-2-4-18-7-10/h2-4,7H,5-6,8H2,1H3,(H,19,22)(H,20,21). The van der Waals surface area contributed by atoms with Gasteiger partial charge in [0.2, 0.25) is 0 Å². The summed E-state index contributed by atoms with van der Waals surface area (Å²) in [6.07, 6.45) is -1.15. The van der Waals surface area contributed by atoms with E-state index in [2.05, 4.69) is 25.0 Å². The number of aromatic amines is 1. The van der Waals surface area contributed by atoms with E-state index in [0.717, 1.165) is 5.56 Å². The molecule has 0 spiro atoms. The van der Waals surface area contributed by atoms with Crippen molar-refractivity contribution in [3.8, 4) is 11.4 Å². The van der Waals surface area contributed by atoms with E-state index in [-0.39, 0.29) is 18.8 Å². The van der Waals surface area contributed by atoms with Gasteiger partial charge in [0, 0.05) is 30.2 Å². The first kappa shape index (κ1) is 16.9. The number of nitrogens with one attached hydrogen (secondary N) is 2. The van der Waals surface area contributed by atoms with E-state index < -0.39 is 18.7 Å². The Labute approximate surface area is 130 Å². The maximum absolute atomic E-state index is 12.0. The summed E-state index contributed by atoms with van der Waals surface area (Å²) < 4.78 is 40.1. The molecule has 0 bridgehead atoms. The number of aromatic nitrogens is 3. The van der Waals surface area contributed by atoms with Crippen molar-refractivity contribution in [2.45, 2.75) is 13.1 Å². The summed E-state index contributed by atoms with van der Waals surface area (Å²) in [5.41, 5.74) is 1.46. The number of imidazole rings is 1. The summed E-state index contributed by atoms with van der Waals surface area (Å²) in [5, 5.41) is 2.46. The van der Waals surface area contributed by atoms with Crippen molar-refractivity contribution in [3.05, 3.63) is 35.9 Å². The molecule has 0 fully saturated rings. The van der Waals surface area contributed by atoms with Crippen LogP contribution in [0.4, 0.5) is 13.2 Å². The third-order valence-electron chi connectivity index (χ3n) is 2.83. The van der Waals surface area contributed by atoms with E-state index in [4.69, 9.17) is 0 Å². The van der Waals surface area contributed by atoms with Crippen LogP contribution in [0.5, 0.6) is 0 Å². The largest absolute Gasteiger partial charge is 0.411 e. The molecular formula is C14H15F3N4O2. The second kappa shape index (κ2) is 7.23. The molecule has 0 unspecified atom stereocenters. The van der Waals surface area contributed by atoms with Gasteiger partial charge in [0.1, 0.15) is 18.1 Å². The van der Waals surface area contributed by atoms with Crippen LogP contribution in [-0.4, -0.2) is 46.8 Å². The molecule has 23 heavy (non-hydrogen) atoms. The van der Waals surface area contributed by atoms with Crippen molar-refractivity contribution in [2.24, 2.45) is 0 Å². The van der Waals surface area contributed by atoms with E-state index in [1.807, 2.05) is 0 Å². The minimum atomic E-state index is -4.37. The third kappa shape index (κ3) is 5.06. The molecule has 2 rings (SSSR count). The molecule has 0 aromatic carbocycles. The van der Waals surface area contributed by atoms with Crippen LogP contribution in [0.2, 0.25) is 0 Å². The van der Waals surface area contributed by atoms with Crippen molar-refractivity contribution < 1.29 is 22.7 Å². The van der Waals surface area contributed by atoms with Crippen LogP contribution in [0.3, 0.4) is 0 Å². The van der Waals surface area contributed by atoms with Crippen LogP contribution in [-0.2, 0) is 4.74 Å². The molecular weight excluding hydrogens is 313 g/mol. The minimum Gasteiger partial charge on any atom is -0.370 e. The number of hydrogen-bond donors (Lipinski definition) is 2. The molecule has 2 aromatic rings. The Morgan fingerprint density at radius 1 is 1.43 bits per heavy atom. The number of amides is 1. The summed E-state index contributed by atoms with van der Waals surface area (Å²) in [7, 11) is 0. The molecule has 0 saturated heterocycles. The van der Waals surface area contributed by atoms with E-state index in [1.165, 1.54) is 0 Å². The summed E-state index contributed by atoms with van der Waals surface area (Å²) >= 11 is 0.